The predicted molar refractivity (Wildman–Crippen MR) is 99.3 cm³/mol. The molecule has 5 nitrogen and oxygen atoms in total. The molecule has 0 bridgehead atoms. The fourth-order valence-corrected chi connectivity index (χ4v) is 2.55. The third-order valence-corrected chi connectivity index (χ3v) is 4.01. The van der Waals surface area contributed by atoms with Crippen molar-refractivity contribution >= 4 is 11.7 Å². The van der Waals surface area contributed by atoms with Gasteiger partial charge in [0.2, 0.25) is 5.91 Å². The summed E-state index contributed by atoms with van der Waals surface area (Å²) in [5.41, 5.74) is 2.64. The Bertz CT molecular complexity index is 928. The molecule has 1 aromatic heterocycles. The maximum Gasteiger partial charge on any atom is 0.220 e. The summed E-state index contributed by atoms with van der Waals surface area (Å²) in [6.07, 6.45) is 1.67. The maximum absolute atomic E-state index is 13.0. The van der Waals surface area contributed by atoms with E-state index < -0.39 is 0 Å². The van der Waals surface area contributed by atoms with Gasteiger partial charge in [0, 0.05) is 24.0 Å². The number of ketones is 1. The minimum absolute atomic E-state index is 0.0635. The van der Waals surface area contributed by atoms with Crippen molar-refractivity contribution in [2.75, 3.05) is 0 Å². The molecular formula is C21H18FN3O2. The summed E-state index contributed by atoms with van der Waals surface area (Å²) in [4.78, 5) is 32.3. The van der Waals surface area contributed by atoms with E-state index in [-0.39, 0.29) is 36.9 Å². The number of hydrogen-bond acceptors (Lipinski definition) is 4. The topological polar surface area (TPSA) is 72.0 Å². The molecule has 27 heavy (non-hydrogen) atoms. The van der Waals surface area contributed by atoms with Crippen LogP contribution in [-0.4, -0.2) is 21.7 Å². The lowest BCUT2D eigenvalue weighted by Crippen LogP contribution is -2.23. The van der Waals surface area contributed by atoms with Gasteiger partial charge in [0.15, 0.2) is 5.78 Å². The van der Waals surface area contributed by atoms with E-state index in [0.29, 0.717) is 17.0 Å². The van der Waals surface area contributed by atoms with Crippen molar-refractivity contribution in [2.24, 2.45) is 0 Å². The van der Waals surface area contributed by atoms with Gasteiger partial charge in [-0.2, -0.15) is 0 Å². The summed E-state index contributed by atoms with van der Waals surface area (Å²) in [6.45, 7) is 0.231. The zero-order valence-corrected chi connectivity index (χ0v) is 14.6. The number of aromatic nitrogens is 2. The van der Waals surface area contributed by atoms with E-state index in [2.05, 4.69) is 15.3 Å². The monoisotopic (exact) mass is 363 g/mol. The number of halogens is 1. The second-order valence-electron chi connectivity index (χ2n) is 5.97. The Morgan fingerprint density at radius 3 is 2.41 bits per heavy atom. The molecule has 2 aromatic carbocycles. The van der Waals surface area contributed by atoms with Gasteiger partial charge in [0.1, 0.15) is 12.1 Å². The number of nitrogens with one attached hydrogen (secondary N) is 1. The first-order valence-corrected chi connectivity index (χ1v) is 8.53. The van der Waals surface area contributed by atoms with Crippen LogP contribution in [0.2, 0.25) is 0 Å². The van der Waals surface area contributed by atoms with Crippen molar-refractivity contribution < 1.29 is 14.0 Å². The number of carbonyl (C=O) groups is 2. The van der Waals surface area contributed by atoms with E-state index in [9.17, 15) is 14.0 Å². The van der Waals surface area contributed by atoms with E-state index in [0.717, 1.165) is 5.56 Å². The third-order valence-electron chi connectivity index (χ3n) is 4.01. The number of benzene rings is 2. The predicted octanol–water partition coefficient (Wildman–Crippen LogP) is 3.56. The SMILES string of the molecule is O=C(CCC(=O)c1ccccc1)NCc1cc(-c2ccc(F)cc2)ncn1. The lowest BCUT2D eigenvalue weighted by Gasteiger charge is -2.06. The number of rotatable bonds is 7. The molecule has 3 rings (SSSR count). The van der Waals surface area contributed by atoms with Crippen LogP contribution in [0.1, 0.15) is 28.9 Å². The molecule has 3 aromatic rings. The van der Waals surface area contributed by atoms with Crippen LogP contribution in [0, 0.1) is 5.82 Å². The normalized spacial score (nSPS) is 10.4. The Morgan fingerprint density at radius 2 is 1.67 bits per heavy atom. The number of hydrogen-bond donors (Lipinski definition) is 1. The van der Waals surface area contributed by atoms with Gasteiger partial charge in [0.25, 0.3) is 0 Å². The number of nitrogens with zero attached hydrogens (tertiary/aromatic N) is 2. The Kier molecular flexibility index (Phi) is 5.99. The molecule has 0 aliphatic heterocycles. The molecule has 1 heterocycles. The van der Waals surface area contributed by atoms with Crippen molar-refractivity contribution in [2.45, 2.75) is 19.4 Å². The van der Waals surface area contributed by atoms with E-state index in [1.54, 1.807) is 42.5 Å². The summed E-state index contributed by atoms with van der Waals surface area (Å²) in [5.74, 6) is -0.599. The van der Waals surface area contributed by atoms with Crippen molar-refractivity contribution in [3.8, 4) is 11.3 Å². The first-order chi connectivity index (χ1) is 13.1. The lowest BCUT2D eigenvalue weighted by atomic mass is 10.1. The smallest absolute Gasteiger partial charge is 0.220 e. The molecule has 0 saturated heterocycles. The van der Waals surface area contributed by atoms with E-state index in [1.165, 1.54) is 18.5 Å². The molecule has 0 radical (unpaired) electrons. The van der Waals surface area contributed by atoms with Gasteiger partial charge in [-0.15, -0.1) is 0 Å². The van der Waals surface area contributed by atoms with Crippen LogP contribution in [0.5, 0.6) is 0 Å². The number of amides is 1. The van der Waals surface area contributed by atoms with Crippen LogP contribution >= 0.6 is 0 Å². The third kappa shape index (κ3) is 5.28. The molecule has 136 valence electrons. The van der Waals surface area contributed by atoms with E-state index in [1.807, 2.05) is 6.07 Å². The van der Waals surface area contributed by atoms with Gasteiger partial charge in [-0.3, -0.25) is 9.59 Å². The molecule has 0 unspecified atom stereocenters. The number of Topliss-reactive ketones (excluding diaryl/α,β-unsaturated/α-hetero) is 1. The standard InChI is InChI=1S/C21H18FN3O2/c22-17-8-6-15(7-9-17)19-12-18(24-14-25-19)13-23-21(27)11-10-20(26)16-4-2-1-3-5-16/h1-9,12,14H,10-11,13H2,(H,23,27). The second kappa shape index (κ2) is 8.80. The van der Waals surface area contributed by atoms with E-state index in [4.69, 9.17) is 0 Å². The molecule has 0 aliphatic rings. The van der Waals surface area contributed by atoms with Crippen LogP contribution in [0.3, 0.4) is 0 Å². The average Bonchev–Trinajstić information content (AvgIpc) is 2.72. The Labute approximate surface area is 156 Å². The zero-order chi connectivity index (χ0) is 19.1. The summed E-state index contributed by atoms with van der Waals surface area (Å²) < 4.78 is 13.0. The van der Waals surface area contributed by atoms with Crippen LogP contribution in [0.25, 0.3) is 11.3 Å². The Morgan fingerprint density at radius 1 is 0.926 bits per heavy atom. The fraction of sp³-hybridized carbons (Fsp3) is 0.143. The first kappa shape index (κ1) is 18.4. The van der Waals surface area contributed by atoms with Gasteiger partial charge >= 0.3 is 0 Å². The largest absolute Gasteiger partial charge is 0.350 e. The molecule has 6 heteroatoms. The lowest BCUT2D eigenvalue weighted by molar-refractivity contribution is -0.121. The van der Waals surface area contributed by atoms with Crippen LogP contribution in [-0.2, 0) is 11.3 Å². The zero-order valence-electron chi connectivity index (χ0n) is 14.6. The number of carbonyl (C=O) groups excluding carboxylic acids is 2. The fourth-order valence-electron chi connectivity index (χ4n) is 2.55. The molecule has 0 saturated carbocycles. The Balaban J connectivity index is 1.52. The van der Waals surface area contributed by atoms with Gasteiger partial charge in [0.05, 0.1) is 17.9 Å². The molecule has 1 amide bonds. The second-order valence-corrected chi connectivity index (χ2v) is 5.97. The highest BCUT2D eigenvalue weighted by Gasteiger charge is 2.09. The summed E-state index contributed by atoms with van der Waals surface area (Å²) in [6, 6.07) is 16.6. The highest BCUT2D eigenvalue weighted by molar-refractivity contribution is 5.97. The molecule has 0 fully saturated rings. The highest BCUT2D eigenvalue weighted by atomic mass is 19.1. The molecule has 0 spiro atoms. The van der Waals surface area contributed by atoms with Gasteiger partial charge in [-0.1, -0.05) is 30.3 Å². The molecule has 0 aliphatic carbocycles. The maximum atomic E-state index is 13.0. The molecule has 1 N–H and O–H groups in total. The minimum atomic E-state index is -0.314. The average molecular weight is 363 g/mol. The van der Waals surface area contributed by atoms with E-state index >= 15 is 0 Å². The van der Waals surface area contributed by atoms with Crippen molar-refractivity contribution in [3.05, 3.63) is 84.1 Å². The summed E-state index contributed by atoms with van der Waals surface area (Å²) >= 11 is 0. The minimum Gasteiger partial charge on any atom is -0.350 e. The summed E-state index contributed by atoms with van der Waals surface area (Å²) in [7, 11) is 0. The first-order valence-electron chi connectivity index (χ1n) is 8.53. The quantitative estimate of drug-likeness (QED) is 0.652. The molecule has 0 atom stereocenters. The van der Waals surface area contributed by atoms with Gasteiger partial charge in [-0.05, 0) is 30.3 Å². The highest BCUT2D eigenvalue weighted by Crippen LogP contribution is 2.17. The van der Waals surface area contributed by atoms with Crippen LogP contribution in [0.4, 0.5) is 4.39 Å². The van der Waals surface area contributed by atoms with Crippen molar-refractivity contribution in [1.82, 2.24) is 15.3 Å². The van der Waals surface area contributed by atoms with Crippen molar-refractivity contribution in [3.63, 3.8) is 0 Å². The van der Waals surface area contributed by atoms with Gasteiger partial charge < -0.3 is 5.32 Å². The van der Waals surface area contributed by atoms with Crippen LogP contribution < -0.4 is 5.32 Å². The van der Waals surface area contributed by atoms with Crippen LogP contribution in [0.15, 0.2) is 67.0 Å². The van der Waals surface area contributed by atoms with Crippen molar-refractivity contribution in [1.29, 1.82) is 0 Å². The Hall–Kier alpha value is -3.41. The summed E-state index contributed by atoms with van der Waals surface area (Å²) in [5, 5.41) is 2.75. The molecular weight excluding hydrogens is 345 g/mol. The van der Waals surface area contributed by atoms with Gasteiger partial charge in [-0.25, -0.2) is 14.4 Å².